The lowest BCUT2D eigenvalue weighted by atomic mass is 10.1. The minimum absolute atomic E-state index is 0.172. The maximum atomic E-state index is 12.5. The molecular weight excluding hydrogens is 326 g/mol. The van der Waals surface area contributed by atoms with Crippen molar-refractivity contribution in [2.45, 2.75) is 11.8 Å². The first-order valence-electron chi connectivity index (χ1n) is 7.27. The van der Waals surface area contributed by atoms with Crippen LogP contribution in [0, 0.1) is 6.92 Å². The van der Waals surface area contributed by atoms with Gasteiger partial charge in [-0.25, -0.2) is 13.4 Å². The van der Waals surface area contributed by atoms with Gasteiger partial charge in [-0.15, -0.1) is 0 Å². The quantitative estimate of drug-likeness (QED) is 0.745. The lowest BCUT2D eigenvalue weighted by Gasteiger charge is -2.09. The van der Waals surface area contributed by atoms with E-state index in [0.717, 1.165) is 17.1 Å². The molecule has 0 aliphatic carbocycles. The minimum Gasteiger partial charge on any atom is -0.497 e. The van der Waals surface area contributed by atoms with Crippen LogP contribution in [0.5, 0.6) is 5.75 Å². The molecule has 0 aliphatic heterocycles. The highest BCUT2D eigenvalue weighted by Crippen LogP contribution is 2.23. The van der Waals surface area contributed by atoms with E-state index in [1.54, 1.807) is 36.5 Å². The smallest absolute Gasteiger partial charge is 0.261 e. The molecule has 0 saturated heterocycles. The third-order valence-corrected chi connectivity index (χ3v) is 4.90. The zero-order chi connectivity index (χ0) is 17.2. The lowest BCUT2D eigenvalue weighted by molar-refractivity contribution is 0.414. The number of nitrogens with zero attached hydrogens (tertiary/aromatic N) is 1. The van der Waals surface area contributed by atoms with Crippen molar-refractivity contribution < 1.29 is 13.2 Å². The van der Waals surface area contributed by atoms with Crippen LogP contribution in [0.1, 0.15) is 5.82 Å². The highest BCUT2D eigenvalue weighted by molar-refractivity contribution is 7.92. The Hall–Kier alpha value is -2.80. The number of imidazole rings is 1. The fourth-order valence-corrected chi connectivity index (χ4v) is 3.34. The van der Waals surface area contributed by atoms with Crippen molar-refractivity contribution in [3.63, 3.8) is 0 Å². The molecule has 6 nitrogen and oxygen atoms in total. The van der Waals surface area contributed by atoms with Gasteiger partial charge in [-0.05, 0) is 43.3 Å². The second-order valence-corrected chi connectivity index (χ2v) is 6.93. The van der Waals surface area contributed by atoms with Crippen LogP contribution in [0.15, 0.2) is 59.6 Å². The van der Waals surface area contributed by atoms with Crippen LogP contribution >= 0.6 is 0 Å². The van der Waals surface area contributed by atoms with Crippen molar-refractivity contribution in [2.75, 3.05) is 11.8 Å². The van der Waals surface area contributed by atoms with Crippen LogP contribution in [-0.4, -0.2) is 25.5 Å². The fraction of sp³-hybridized carbons (Fsp3) is 0.118. The van der Waals surface area contributed by atoms with E-state index in [2.05, 4.69) is 14.7 Å². The van der Waals surface area contributed by atoms with Crippen LogP contribution < -0.4 is 9.46 Å². The number of anilines is 1. The predicted octanol–water partition coefficient (Wildman–Crippen LogP) is 3.19. The summed E-state index contributed by atoms with van der Waals surface area (Å²) in [7, 11) is -2.13. The Morgan fingerprint density at radius 3 is 2.50 bits per heavy atom. The van der Waals surface area contributed by atoms with Crippen LogP contribution in [0.2, 0.25) is 0 Å². The van der Waals surface area contributed by atoms with Crippen molar-refractivity contribution in [3.05, 3.63) is 60.6 Å². The third kappa shape index (κ3) is 3.41. The summed E-state index contributed by atoms with van der Waals surface area (Å²) in [6.45, 7) is 1.86. The first kappa shape index (κ1) is 16.1. The van der Waals surface area contributed by atoms with Crippen molar-refractivity contribution in [3.8, 4) is 17.0 Å². The summed E-state index contributed by atoms with van der Waals surface area (Å²) < 4.78 is 32.6. The molecule has 2 N–H and O–H groups in total. The number of nitrogens with one attached hydrogen (secondary N) is 2. The average molecular weight is 343 g/mol. The molecule has 0 radical (unpaired) electrons. The number of benzene rings is 2. The number of aromatic nitrogens is 2. The number of sulfonamides is 1. The summed E-state index contributed by atoms with van der Waals surface area (Å²) in [5, 5.41) is 0. The van der Waals surface area contributed by atoms with Gasteiger partial charge >= 0.3 is 0 Å². The van der Waals surface area contributed by atoms with Crippen molar-refractivity contribution in [2.24, 2.45) is 0 Å². The molecule has 0 aliphatic rings. The Bertz CT molecular complexity index is 947. The van der Waals surface area contributed by atoms with E-state index in [4.69, 9.17) is 4.74 Å². The number of hydrogen-bond acceptors (Lipinski definition) is 4. The van der Waals surface area contributed by atoms with E-state index in [-0.39, 0.29) is 4.90 Å². The molecule has 7 heteroatoms. The summed E-state index contributed by atoms with van der Waals surface area (Å²) in [5.74, 6) is 1.40. The molecule has 0 saturated carbocycles. The SMILES string of the molecule is COc1ccc(S(=O)(=O)Nc2cccc(-c3cnc(C)[nH]3)c2)cc1. The van der Waals surface area contributed by atoms with E-state index >= 15 is 0 Å². The van der Waals surface area contributed by atoms with Gasteiger partial charge in [0.2, 0.25) is 0 Å². The number of aryl methyl sites for hydroxylation is 1. The molecule has 0 atom stereocenters. The number of aromatic amines is 1. The summed E-state index contributed by atoms with van der Waals surface area (Å²) in [4.78, 5) is 7.45. The Balaban J connectivity index is 1.87. The maximum Gasteiger partial charge on any atom is 0.261 e. The maximum absolute atomic E-state index is 12.5. The fourth-order valence-electron chi connectivity index (χ4n) is 2.29. The number of rotatable bonds is 5. The Morgan fingerprint density at radius 2 is 1.88 bits per heavy atom. The molecule has 24 heavy (non-hydrogen) atoms. The molecule has 0 unspecified atom stereocenters. The van der Waals surface area contributed by atoms with Gasteiger partial charge in [0, 0.05) is 11.3 Å². The summed E-state index contributed by atoms with van der Waals surface area (Å²) >= 11 is 0. The zero-order valence-corrected chi connectivity index (χ0v) is 14.1. The highest BCUT2D eigenvalue weighted by Gasteiger charge is 2.14. The molecule has 0 amide bonds. The number of ether oxygens (including phenoxy) is 1. The summed E-state index contributed by atoms with van der Waals surface area (Å²) in [6.07, 6.45) is 1.71. The van der Waals surface area contributed by atoms with Gasteiger partial charge in [0.25, 0.3) is 10.0 Å². The van der Waals surface area contributed by atoms with Gasteiger partial charge in [-0.3, -0.25) is 4.72 Å². The van der Waals surface area contributed by atoms with Crippen molar-refractivity contribution >= 4 is 15.7 Å². The molecule has 0 spiro atoms. The Kier molecular flexibility index (Phi) is 4.26. The molecule has 124 valence electrons. The van der Waals surface area contributed by atoms with Gasteiger partial charge in [0.1, 0.15) is 11.6 Å². The van der Waals surface area contributed by atoms with Gasteiger partial charge in [0.15, 0.2) is 0 Å². The van der Waals surface area contributed by atoms with Gasteiger partial charge < -0.3 is 9.72 Å². The summed E-state index contributed by atoms with van der Waals surface area (Å²) in [5.41, 5.74) is 2.17. The van der Waals surface area contributed by atoms with E-state index in [1.165, 1.54) is 19.2 Å². The molecule has 0 fully saturated rings. The number of H-pyrrole nitrogens is 1. The summed E-state index contributed by atoms with van der Waals surface area (Å²) in [6, 6.07) is 13.4. The molecule has 1 heterocycles. The highest BCUT2D eigenvalue weighted by atomic mass is 32.2. The Morgan fingerprint density at radius 1 is 1.12 bits per heavy atom. The first-order valence-corrected chi connectivity index (χ1v) is 8.75. The monoisotopic (exact) mass is 343 g/mol. The number of hydrogen-bond donors (Lipinski definition) is 2. The van der Waals surface area contributed by atoms with Crippen molar-refractivity contribution in [1.29, 1.82) is 0 Å². The van der Waals surface area contributed by atoms with Gasteiger partial charge in [-0.1, -0.05) is 12.1 Å². The third-order valence-electron chi connectivity index (χ3n) is 3.50. The molecule has 1 aromatic heterocycles. The Labute approximate surface area is 140 Å². The molecule has 0 bridgehead atoms. The standard InChI is InChI=1S/C17H17N3O3S/c1-12-18-11-17(19-12)13-4-3-5-14(10-13)20-24(21,22)16-8-6-15(23-2)7-9-16/h3-11,20H,1-2H3,(H,18,19). The van der Waals surface area contributed by atoms with Gasteiger partial charge in [0.05, 0.1) is 23.9 Å². The van der Waals surface area contributed by atoms with E-state index in [9.17, 15) is 8.42 Å². The second-order valence-electron chi connectivity index (χ2n) is 5.24. The predicted molar refractivity (Wildman–Crippen MR) is 92.6 cm³/mol. The van der Waals surface area contributed by atoms with Crippen LogP contribution in [-0.2, 0) is 10.0 Å². The van der Waals surface area contributed by atoms with Crippen LogP contribution in [0.25, 0.3) is 11.3 Å². The zero-order valence-electron chi connectivity index (χ0n) is 13.3. The average Bonchev–Trinajstić information content (AvgIpc) is 3.01. The lowest BCUT2D eigenvalue weighted by Crippen LogP contribution is -2.12. The normalized spacial score (nSPS) is 11.2. The largest absolute Gasteiger partial charge is 0.497 e. The molecule has 3 aromatic rings. The topological polar surface area (TPSA) is 84.1 Å². The molecule has 3 rings (SSSR count). The molecular formula is C17H17N3O3S. The van der Waals surface area contributed by atoms with Crippen molar-refractivity contribution in [1.82, 2.24) is 9.97 Å². The van der Waals surface area contributed by atoms with Gasteiger partial charge in [-0.2, -0.15) is 0 Å². The second kappa shape index (κ2) is 6.37. The van der Waals surface area contributed by atoms with Crippen LogP contribution in [0.4, 0.5) is 5.69 Å². The first-order chi connectivity index (χ1) is 11.5. The van der Waals surface area contributed by atoms with E-state index in [0.29, 0.717) is 11.4 Å². The minimum atomic E-state index is -3.66. The van der Waals surface area contributed by atoms with Crippen LogP contribution in [0.3, 0.4) is 0 Å². The molecule has 2 aromatic carbocycles. The number of methoxy groups -OCH3 is 1. The van der Waals surface area contributed by atoms with E-state index in [1.807, 2.05) is 13.0 Å². The van der Waals surface area contributed by atoms with E-state index < -0.39 is 10.0 Å².